The van der Waals surface area contributed by atoms with E-state index in [1.165, 1.54) is 6.92 Å². The van der Waals surface area contributed by atoms with Crippen LogP contribution < -0.4 is 27.4 Å². The van der Waals surface area contributed by atoms with Crippen LogP contribution in [0.4, 0.5) is 0 Å². The zero-order valence-corrected chi connectivity index (χ0v) is 17.5. The second-order valence-corrected chi connectivity index (χ2v) is 7.29. The molecule has 0 aliphatic rings. The van der Waals surface area contributed by atoms with Crippen molar-refractivity contribution in [1.82, 2.24) is 16.0 Å². The fourth-order valence-electron chi connectivity index (χ4n) is 2.19. The summed E-state index contributed by atoms with van der Waals surface area (Å²) in [6.45, 7) is 5.47. The highest BCUT2D eigenvalue weighted by Crippen LogP contribution is 2.04. The van der Waals surface area contributed by atoms with Gasteiger partial charge in [0.1, 0.15) is 18.1 Å². The molecule has 162 valence electrons. The van der Waals surface area contributed by atoms with Crippen LogP contribution >= 0.6 is 12.6 Å². The Hall–Kier alpha value is -1.85. The number of aliphatic carboxylic acids is 1. The van der Waals surface area contributed by atoms with Crippen LogP contribution in [-0.2, 0) is 19.2 Å². The number of carbonyl (C=O) groups is 4. The van der Waals surface area contributed by atoms with Crippen LogP contribution in [0.2, 0.25) is 0 Å². The Morgan fingerprint density at radius 1 is 0.929 bits per heavy atom. The van der Waals surface area contributed by atoms with Crippen LogP contribution in [0, 0.1) is 5.92 Å². The van der Waals surface area contributed by atoms with Crippen LogP contribution in [0.25, 0.3) is 0 Å². The summed E-state index contributed by atoms with van der Waals surface area (Å²) in [7, 11) is 0. The third kappa shape index (κ3) is 9.38. The van der Waals surface area contributed by atoms with E-state index in [2.05, 4.69) is 28.6 Å². The lowest BCUT2D eigenvalue weighted by molar-refractivity contribution is -0.141. The van der Waals surface area contributed by atoms with Crippen molar-refractivity contribution in [2.45, 2.75) is 64.2 Å². The lowest BCUT2D eigenvalue weighted by atomic mass is 10.0. The maximum Gasteiger partial charge on any atom is 0.327 e. The lowest BCUT2D eigenvalue weighted by Crippen LogP contribution is -2.57. The molecule has 3 amide bonds. The molecule has 0 saturated heterocycles. The van der Waals surface area contributed by atoms with Gasteiger partial charge >= 0.3 is 5.97 Å². The van der Waals surface area contributed by atoms with Crippen molar-refractivity contribution in [2.75, 3.05) is 12.3 Å². The second-order valence-electron chi connectivity index (χ2n) is 6.93. The monoisotopic (exact) mass is 419 g/mol. The highest BCUT2D eigenvalue weighted by molar-refractivity contribution is 7.80. The van der Waals surface area contributed by atoms with Gasteiger partial charge in [-0.3, -0.25) is 14.4 Å². The van der Waals surface area contributed by atoms with Gasteiger partial charge in [0.25, 0.3) is 0 Å². The number of thiol groups is 1. The van der Waals surface area contributed by atoms with E-state index in [9.17, 15) is 19.2 Å². The first-order valence-electron chi connectivity index (χ1n) is 9.25. The number of hydrogen-bond donors (Lipinski definition) is 7. The summed E-state index contributed by atoms with van der Waals surface area (Å²) < 4.78 is 0. The zero-order chi connectivity index (χ0) is 21.9. The van der Waals surface area contributed by atoms with Gasteiger partial charge in [-0.1, -0.05) is 13.8 Å². The average Bonchev–Trinajstić information content (AvgIpc) is 2.63. The molecular formula is C17H33N5O5S. The van der Waals surface area contributed by atoms with Crippen LogP contribution in [0.5, 0.6) is 0 Å². The summed E-state index contributed by atoms with van der Waals surface area (Å²) in [5.41, 5.74) is 11.2. The molecule has 0 fully saturated rings. The summed E-state index contributed by atoms with van der Waals surface area (Å²) >= 11 is 3.90. The molecule has 0 radical (unpaired) electrons. The molecule has 0 aromatic rings. The molecule has 0 heterocycles. The minimum atomic E-state index is -1.22. The molecule has 10 nitrogen and oxygen atoms in total. The van der Waals surface area contributed by atoms with Gasteiger partial charge in [-0.2, -0.15) is 12.6 Å². The Labute approximate surface area is 171 Å². The number of carbonyl (C=O) groups excluding carboxylic acids is 3. The smallest absolute Gasteiger partial charge is 0.327 e. The van der Waals surface area contributed by atoms with Crippen molar-refractivity contribution in [3.63, 3.8) is 0 Å². The minimum Gasteiger partial charge on any atom is -0.480 e. The molecule has 0 aromatic carbocycles. The molecule has 11 heteroatoms. The Bertz CT molecular complexity index is 546. The maximum atomic E-state index is 12.4. The van der Waals surface area contributed by atoms with Crippen molar-refractivity contribution < 1.29 is 24.3 Å². The molecular weight excluding hydrogens is 386 g/mol. The van der Waals surface area contributed by atoms with Crippen LogP contribution in [-0.4, -0.2) is 65.3 Å². The average molecular weight is 420 g/mol. The second kappa shape index (κ2) is 13.3. The normalized spacial score (nSPS) is 15.2. The van der Waals surface area contributed by atoms with E-state index in [-0.39, 0.29) is 18.1 Å². The van der Waals surface area contributed by atoms with Gasteiger partial charge in [0.15, 0.2) is 0 Å². The Kier molecular flexibility index (Phi) is 12.5. The molecule has 8 N–H and O–H groups in total. The van der Waals surface area contributed by atoms with E-state index >= 15 is 0 Å². The van der Waals surface area contributed by atoms with Crippen molar-refractivity contribution in [3.8, 4) is 0 Å². The van der Waals surface area contributed by atoms with Gasteiger partial charge in [-0.25, -0.2) is 4.79 Å². The van der Waals surface area contributed by atoms with Crippen LogP contribution in [0.1, 0.15) is 40.0 Å². The number of nitrogens with one attached hydrogen (secondary N) is 3. The van der Waals surface area contributed by atoms with E-state index in [0.717, 1.165) is 0 Å². The van der Waals surface area contributed by atoms with Gasteiger partial charge in [0.05, 0.1) is 6.04 Å². The molecule has 0 saturated carbocycles. The summed E-state index contributed by atoms with van der Waals surface area (Å²) in [6, 6.07) is -3.81. The number of amides is 3. The Balaban J connectivity index is 5.00. The SMILES string of the molecule is CC(NC(=O)C(N)C(C)C)C(=O)NC(CCCCN)C(=O)NC(CS)C(=O)O. The summed E-state index contributed by atoms with van der Waals surface area (Å²) in [5.74, 6) is -3.09. The molecule has 4 atom stereocenters. The number of hydrogen-bond acceptors (Lipinski definition) is 7. The molecule has 0 bridgehead atoms. The first kappa shape index (κ1) is 26.1. The van der Waals surface area contributed by atoms with Gasteiger partial charge in [-0.05, 0) is 38.6 Å². The summed E-state index contributed by atoms with van der Waals surface area (Å²) in [5, 5.41) is 16.5. The number of carboxylic acids is 1. The highest BCUT2D eigenvalue weighted by Gasteiger charge is 2.28. The standard InChI is InChI=1S/C17H33N5O5S/c1-9(2)13(19)16(25)20-10(3)14(23)21-11(6-4-5-7-18)15(24)22-12(8-28)17(26)27/h9-13,28H,4-8,18-19H2,1-3H3,(H,20,25)(H,21,23)(H,22,24)(H,26,27). The zero-order valence-electron chi connectivity index (χ0n) is 16.6. The van der Waals surface area contributed by atoms with E-state index < -0.39 is 47.9 Å². The molecule has 0 spiro atoms. The highest BCUT2D eigenvalue weighted by atomic mass is 32.1. The van der Waals surface area contributed by atoms with Gasteiger partial charge < -0.3 is 32.5 Å². The largest absolute Gasteiger partial charge is 0.480 e. The quantitative estimate of drug-likeness (QED) is 0.142. The van der Waals surface area contributed by atoms with Crippen LogP contribution in [0.3, 0.4) is 0 Å². The first-order chi connectivity index (χ1) is 13.0. The van der Waals surface area contributed by atoms with Gasteiger partial charge in [0.2, 0.25) is 17.7 Å². The van der Waals surface area contributed by atoms with Crippen LogP contribution in [0.15, 0.2) is 0 Å². The molecule has 0 aromatic heterocycles. The fraction of sp³-hybridized carbons (Fsp3) is 0.765. The Morgan fingerprint density at radius 3 is 1.96 bits per heavy atom. The van der Waals surface area contributed by atoms with Crippen molar-refractivity contribution in [3.05, 3.63) is 0 Å². The van der Waals surface area contributed by atoms with Crippen molar-refractivity contribution in [2.24, 2.45) is 17.4 Å². The predicted octanol–water partition coefficient (Wildman–Crippen LogP) is -1.41. The van der Waals surface area contributed by atoms with E-state index in [4.69, 9.17) is 16.6 Å². The Morgan fingerprint density at radius 2 is 1.50 bits per heavy atom. The third-order valence-corrected chi connectivity index (χ3v) is 4.52. The summed E-state index contributed by atoms with van der Waals surface area (Å²) in [6.07, 6.45) is 1.48. The topological polar surface area (TPSA) is 177 Å². The predicted molar refractivity (Wildman–Crippen MR) is 109 cm³/mol. The third-order valence-electron chi connectivity index (χ3n) is 4.15. The molecule has 0 rings (SSSR count). The first-order valence-corrected chi connectivity index (χ1v) is 9.88. The fourth-order valence-corrected chi connectivity index (χ4v) is 2.44. The van der Waals surface area contributed by atoms with Gasteiger partial charge in [-0.15, -0.1) is 0 Å². The van der Waals surface area contributed by atoms with E-state index in [1.807, 2.05) is 0 Å². The van der Waals surface area contributed by atoms with Crippen molar-refractivity contribution >= 4 is 36.3 Å². The lowest BCUT2D eigenvalue weighted by Gasteiger charge is -2.24. The molecule has 28 heavy (non-hydrogen) atoms. The number of carboxylic acid groups (broad SMARTS) is 1. The van der Waals surface area contributed by atoms with Gasteiger partial charge in [0, 0.05) is 5.75 Å². The maximum absolute atomic E-state index is 12.4. The molecule has 0 aliphatic carbocycles. The number of rotatable bonds is 13. The molecule has 4 unspecified atom stereocenters. The summed E-state index contributed by atoms with van der Waals surface area (Å²) in [4.78, 5) is 47.9. The number of unbranched alkanes of at least 4 members (excludes halogenated alkanes) is 1. The number of nitrogens with two attached hydrogens (primary N) is 2. The van der Waals surface area contributed by atoms with E-state index in [1.54, 1.807) is 13.8 Å². The van der Waals surface area contributed by atoms with Crippen molar-refractivity contribution in [1.29, 1.82) is 0 Å². The van der Waals surface area contributed by atoms with E-state index in [0.29, 0.717) is 19.4 Å². The molecule has 0 aliphatic heterocycles. The minimum absolute atomic E-state index is 0.0932.